The van der Waals surface area contributed by atoms with Crippen LogP contribution in [-0.4, -0.2) is 33.4 Å². The molecule has 1 aliphatic rings. The number of aromatic nitrogens is 3. The van der Waals surface area contributed by atoms with Gasteiger partial charge in [-0.15, -0.1) is 27.2 Å². The van der Waals surface area contributed by atoms with Gasteiger partial charge >= 0.3 is 0 Å². The van der Waals surface area contributed by atoms with Crippen molar-refractivity contribution in [3.63, 3.8) is 0 Å². The molecule has 25 heavy (non-hydrogen) atoms. The minimum Gasteiger partial charge on any atom is -0.497 e. The van der Waals surface area contributed by atoms with Gasteiger partial charge in [-0.2, -0.15) is 9.78 Å². The fourth-order valence-electron chi connectivity index (χ4n) is 2.58. The summed E-state index contributed by atoms with van der Waals surface area (Å²) in [6.45, 7) is 0. The highest BCUT2D eigenvalue weighted by molar-refractivity contribution is 8.93. The average Bonchev–Trinajstić information content (AvgIpc) is 3.05. The van der Waals surface area contributed by atoms with Gasteiger partial charge in [0.05, 0.1) is 12.8 Å². The number of methoxy groups -OCH3 is 1. The number of thioether (sulfide) groups is 1. The lowest BCUT2D eigenvalue weighted by Gasteiger charge is -2.14. The van der Waals surface area contributed by atoms with Gasteiger partial charge in [0.15, 0.2) is 5.82 Å². The van der Waals surface area contributed by atoms with Crippen molar-refractivity contribution in [1.29, 1.82) is 0 Å². The normalized spacial score (nSPS) is 12.8. The Balaban J connectivity index is 0.00000182. The molecule has 0 atom stereocenters. The Bertz CT molecular complexity index is 878. The van der Waals surface area contributed by atoms with Crippen LogP contribution in [0.3, 0.4) is 0 Å². The quantitative estimate of drug-likeness (QED) is 0.648. The summed E-state index contributed by atoms with van der Waals surface area (Å²) in [6, 6.07) is 18.2. The summed E-state index contributed by atoms with van der Waals surface area (Å²) >= 11 is 1.66. The summed E-state index contributed by atoms with van der Waals surface area (Å²) in [4.78, 5) is 0. The highest BCUT2D eigenvalue weighted by Gasteiger charge is 2.19. The van der Waals surface area contributed by atoms with E-state index in [1.807, 2.05) is 47.1 Å². The van der Waals surface area contributed by atoms with E-state index < -0.39 is 0 Å². The summed E-state index contributed by atoms with van der Waals surface area (Å²) in [5, 5.41) is 14.2. The zero-order valence-electron chi connectivity index (χ0n) is 13.6. The number of fused-ring (bicyclic) bond motifs is 1. The van der Waals surface area contributed by atoms with Crippen molar-refractivity contribution < 1.29 is 4.74 Å². The van der Waals surface area contributed by atoms with Crippen LogP contribution in [0.25, 0.3) is 0 Å². The maximum absolute atomic E-state index is 5.22. The fourth-order valence-corrected chi connectivity index (χ4v) is 3.44. The molecule has 1 aliphatic heterocycles. The molecule has 0 unspecified atom stereocenters. The molecule has 0 fully saturated rings. The van der Waals surface area contributed by atoms with Crippen molar-refractivity contribution >= 4 is 34.5 Å². The summed E-state index contributed by atoms with van der Waals surface area (Å²) in [7, 11) is 1.67. The summed E-state index contributed by atoms with van der Waals surface area (Å²) in [6.07, 6.45) is 0.716. The predicted molar refractivity (Wildman–Crippen MR) is 105 cm³/mol. The summed E-state index contributed by atoms with van der Waals surface area (Å²) in [5.41, 5.74) is 3.31. The lowest BCUT2D eigenvalue weighted by molar-refractivity contribution is 0.415. The Hall–Kier alpha value is -2.12. The molecule has 0 aliphatic carbocycles. The van der Waals surface area contributed by atoms with Crippen molar-refractivity contribution in [2.24, 2.45) is 5.10 Å². The molecule has 0 amide bonds. The van der Waals surface area contributed by atoms with Crippen molar-refractivity contribution in [2.75, 3.05) is 12.9 Å². The van der Waals surface area contributed by atoms with Crippen LogP contribution >= 0.6 is 28.7 Å². The molecule has 0 bridgehead atoms. The third-order valence-corrected chi connectivity index (χ3v) is 4.79. The third-order valence-electron chi connectivity index (χ3n) is 3.86. The lowest BCUT2D eigenvalue weighted by Crippen LogP contribution is -2.14. The molecule has 0 N–H and O–H groups in total. The molecular weight excluding hydrogens is 400 g/mol. The maximum Gasteiger partial charge on any atom is 0.212 e. The second-order valence-electron chi connectivity index (χ2n) is 5.44. The molecule has 4 rings (SSSR count). The summed E-state index contributed by atoms with van der Waals surface area (Å²) in [5.74, 6) is 2.49. The van der Waals surface area contributed by atoms with Crippen molar-refractivity contribution in [3.05, 3.63) is 71.5 Å². The van der Waals surface area contributed by atoms with Crippen molar-refractivity contribution in [3.8, 4) is 5.75 Å². The van der Waals surface area contributed by atoms with Gasteiger partial charge in [-0.1, -0.05) is 42.1 Å². The van der Waals surface area contributed by atoms with Gasteiger partial charge < -0.3 is 4.74 Å². The van der Waals surface area contributed by atoms with Crippen LogP contribution in [0, 0.1) is 0 Å². The highest BCUT2D eigenvalue weighted by Crippen LogP contribution is 2.25. The first-order valence-corrected chi connectivity index (χ1v) is 8.65. The molecule has 2 heterocycles. The zero-order chi connectivity index (χ0) is 16.4. The second-order valence-corrected chi connectivity index (χ2v) is 6.38. The molecule has 3 aromatic rings. The number of benzene rings is 2. The molecule has 2 aromatic carbocycles. The third kappa shape index (κ3) is 3.77. The molecule has 0 spiro atoms. The molecule has 1 aromatic heterocycles. The second kappa shape index (κ2) is 7.84. The summed E-state index contributed by atoms with van der Waals surface area (Å²) < 4.78 is 7.08. The van der Waals surface area contributed by atoms with Gasteiger partial charge in [0.2, 0.25) is 5.16 Å². The zero-order valence-corrected chi connectivity index (χ0v) is 16.2. The van der Waals surface area contributed by atoms with Crippen LogP contribution in [0.5, 0.6) is 5.75 Å². The Morgan fingerprint density at radius 2 is 1.80 bits per heavy atom. The predicted octanol–water partition coefficient (Wildman–Crippen LogP) is 3.81. The number of hydrogen-bond donors (Lipinski definition) is 0. The largest absolute Gasteiger partial charge is 0.497 e. The van der Waals surface area contributed by atoms with Gasteiger partial charge in [0.25, 0.3) is 0 Å². The van der Waals surface area contributed by atoms with Crippen molar-refractivity contribution in [1.82, 2.24) is 14.9 Å². The van der Waals surface area contributed by atoms with E-state index >= 15 is 0 Å². The lowest BCUT2D eigenvalue weighted by atomic mass is 10.1. The monoisotopic (exact) mass is 416 g/mol. The topological polar surface area (TPSA) is 52.3 Å². The number of halogens is 1. The first-order valence-electron chi connectivity index (χ1n) is 7.67. The Morgan fingerprint density at radius 1 is 1.04 bits per heavy atom. The minimum absolute atomic E-state index is 0. The first kappa shape index (κ1) is 17.7. The van der Waals surface area contributed by atoms with E-state index in [-0.39, 0.29) is 17.0 Å². The SMILES string of the molecule is Br.COc1ccc(C2=Nn3c(Cc4ccccc4)nnc3SC2)cc1. The average molecular weight is 417 g/mol. The van der Waals surface area contributed by atoms with Crippen LogP contribution in [-0.2, 0) is 6.42 Å². The smallest absolute Gasteiger partial charge is 0.212 e. The Morgan fingerprint density at radius 3 is 2.52 bits per heavy atom. The number of rotatable bonds is 4. The van der Waals surface area contributed by atoms with Gasteiger partial charge in [-0.3, -0.25) is 0 Å². The molecular formula is C18H17BrN4OS. The number of ether oxygens (including phenoxy) is 1. The highest BCUT2D eigenvalue weighted by atomic mass is 79.9. The van der Waals surface area contributed by atoms with Crippen LogP contribution in [0.15, 0.2) is 64.9 Å². The minimum atomic E-state index is 0. The molecule has 0 radical (unpaired) electrons. The van der Waals surface area contributed by atoms with Gasteiger partial charge in [0, 0.05) is 12.2 Å². The van der Waals surface area contributed by atoms with E-state index in [4.69, 9.17) is 9.84 Å². The van der Waals surface area contributed by atoms with E-state index in [1.165, 1.54) is 5.56 Å². The molecule has 128 valence electrons. The first-order chi connectivity index (χ1) is 11.8. The standard InChI is InChI=1S/C18H16N4OS.BrH/c1-23-15-9-7-14(8-10-15)16-12-24-18-20-19-17(22(18)21-16)11-13-5-3-2-4-6-13;/h2-10H,11-12H2,1H3;1H. The van der Waals surface area contributed by atoms with E-state index in [1.54, 1.807) is 18.9 Å². The van der Waals surface area contributed by atoms with E-state index in [9.17, 15) is 0 Å². The number of hydrogen-bond acceptors (Lipinski definition) is 5. The van der Waals surface area contributed by atoms with Crippen LogP contribution in [0.2, 0.25) is 0 Å². The molecule has 5 nitrogen and oxygen atoms in total. The Kier molecular flexibility index (Phi) is 5.55. The van der Waals surface area contributed by atoms with Gasteiger partial charge in [0.1, 0.15) is 5.75 Å². The van der Waals surface area contributed by atoms with Crippen LogP contribution < -0.4 is 4.74 Å². The fraction of sp³-hybridized carbons (Fsp3) is 0.167. The number of nitrogens with zero attached hydrogens (tertiary/aromatic N) is 4. The van der Waals surface area contributed by atoms with Gasteiger partial charge in [-0.05, 0) is 35.4 Å². The van der Waals surface area contributed by atoms with E-state index in [2.05, 4.69) is 22.3 Å². The van der Waals surface area contributed by atoms with Crippen LogP contribution in [0.1, 0.15) is 17.0 Å². The maximum atomic E-state index is 5.22. The van der Waals surface area contributed by atoms with Crippen LogP contribution in [0.4, 0.5) is 0 Å². The molecule has 7 heteroatoms. The van der Waals surface area contributed by atoms with E-state index in [0.29, 0.717) is 6.42 Å². The van der Waals surface area contributed by atoms with E-state index in [0.717, 1.165) is 33.8 Å². The Labute approximate surface area is 160 Å². The van der Waals surface area contributed by atoms with Crippen molar-refractivity contribution in [2.45, 2.75) is 11.6 Å². The van der Waals surface area contributed by atoms with Gasteiger partial charge in [-0.25, -0.2) is 0 Å². The molecule has 0 saturated heterocycles. The molecule has 0 saturated carbocycles.